The first-order valence-electron chi connectivity index (χ1n) is 12.1. The van der Waals surface area contributed by atoms with E-state index in [2.05, 4.69) is 21.2 Å². The molecule has 0 heterocycles. The molecule has 202 valence electrons. The molecule has 1 aliphatic rings. The highest BCUT2D eigenvalue weighted by molar-refractivity contribution is 9.10. The first kappa shape index (κ1) is 28.8. The number of carbonyl (C=O) groups excluding carboxylic acids is 2. The van der Waals surface area contributed by atoms with Crippen molar-refractivity contribution < 1.29 is 27.5 Å². The minimum atomic E-state index is -3.91. The van der Waals surface area contributed by atoms with Gasteiger partial charge in [-0.2, -0.15) is 0 Å². The Labute approximate surface area is 227 Å². The number of ether oxygens (including phenoxy) is 2. The molecule has 11 heteroatoms. The molecule has 0 unspecified atom stereocenters. The Morgan fingerprint density at radius 1 is 1.11 bits per heavy atom. The minimum absolute atomic E-state index is 0.0892. The van der Waals surface area contributed by atoms with E-state index in [9.17, 15) is 18.0 Å². The topological polar surface area (TPSA) is 105 Å². The van der Waals surface area contributed by atoms with E-state index < -0.39 is 28.5 Å². The molecule has 0 aromatic heterocycles. The molecule has 9 nitrogen and oxygen atoms in total. The first-order valence-corrected chi connectivity index (χ1v) is 14.7. The van der Waals surface area contributed by atoms with Gasteiger partial charge in [-0.25, -0.2) is 8.42 Å². The number of benzene rings is 2. The number of carbonyl (C=O) groups is 2. The fourth-order valence-electron chi connectivity index (χ4n) is 4.39. The monoisotopic (exact) mass is 595 g/mol. The quantitative estimate of drug-likeness (QED) is 0.424. The highest BCUT2D eigenvalue weighted by Crippen LogP contribution is 2.34. The summed E-state index contributed by atoms with van der Waals surface area (Å²) in [4.78, 5) is 28.3. The molecule has 37 heavy (non-hydrogen) atoms. The maximum atomic E-state index is 13.8. The molecule has 2 aromatic rings. The Balaban J connectivity index is 1.94. The summed E-state index contributed by atoms with van der Waals surface area (Å²) < 4.78 is 38.2. The van der Waals surface area contributed by atoms with Crippen LogP contribution in [0, 0.1) is 0 Å². The summed E-state index contributed by atoms with van der Waals surface area (Å²) in [7, 11) is -1.02. The van der Waals surface area contributed by atoms with E-state index >= 15 is 0 Å². The van der Waals surface area contributed by atoms with Crippen LogP contribution >= 0.6 is 15.9 Å². The zero-order valence-corrected chi connectivity index (χ0v) is 24.0. The first-order chi connectivity index (χ1) is 17.5. The van der Waals surface area contributed by atoms with Gasteiger partial charge >= 0.3 is 0 Å². The molecule has 0 saturated heterocycles. The van der Waals surface area contributed by atoms with Crippen molar-refractivity contribution in [2.24, 2.45) is 0 Å². The Morgan fingerprint density at radius 3 is 2.41 bits per heavy atom. The van der Waals surface area contributed by atoms with Gasteiger partial charge in [0.25, 0.3) is 0 Å². The number of hydrogen-bond acceptors (Lipinski definition) is 6. The van der Waals surface area contributed by atoms with Crippen molar-refractivity contribution >= 4 is 43.5 Å². The van der Waals surface area contributed by atoms with E-state index in [-0.39, 0.29) is 29.9 Å². The number of anilines is 1. The summed E-state index contributed by atoms with van der Waals surface area (Å²) in [6.07, 6.45) is 4.97. The number of methoxy groups -OCH3 is 2. The molecule has 2 amide bonds. The number of nitrogens with one attached hydrogen (secondary N) is 1. The number of nitrogens with zero attached hydrogens (tertiary/aromatic N) is 2. The molecular weight excluding hydrogens is 562 g/mol. The second kappa shape index (κ2) is 12.6. The zero-order valence-electron chi connectivity index (χ0n) is 21.6. The summed E-state index contributed by atoms with van der Waals surface area (Å²) in [5.74, 6) is -0.110. The molecule has 1 fully saturated rings. The summed E-state index contributed by atoms with van der Waals surface area (Å²) >= 11 is 3.44. The molecule has 0 radical (unpaired) electrons. The van der Waals surface area contributed by atoms with Crippen molar-refractivity contribution in [2.75, 3.05) is 31.3 Å². The third-order valence-corrected chi connectivity index (χ3v) is 8.06. The van der Waals surface area contributed by atoms with Crippen LogP contribution in [-0.2, 0) is 26.2 Å². The van der Waals surface area contributed by atoms with Gasteiger partial charge in [0, 0.05) is 23.1 Å². The Kier molecular flexibility index (Phi) is 9.83. The summed E-state index contributed by atoms with van der Waals surface area (Å²) in [6, 6.07) is 11.4. The van der Waals surface area contributed by atoms with Crippen LogP contribution in [0.5, 0.6) is 11.5 Å². The van der Waals surface area contributed by atoms with Gasteiger partial charge in [0.15, 0.2) is 0 Å². The molecule has 3 rings (SSSR count). The van der Waals surface area contributed by atoms with Crippen molar-refractivity contribution in [3.8, 4) is 11.5 Å². The normalized spacial score (nSPS) is 14.6. The average molecular weight is 597 g/mol. The molecule has 2 aromatic carbocycles. The van der Waals surface area contributed by atoms with Crippen molar-refractivity contribution in [3.05, 3.63) is 52.5 Å². The van der Waals surface area contributed by atoms with Crippen LogP contribution in [0.1, 0.15) is 38.2 Å². The molecular formula is C26H34BrN3O6S. The Morgan fingerprint density at radius 2 is 1.81 bits per heavy atom. The van der Waals surface area contributed by atoms with E-state index in [4.69, 9.17) is 9.47 Å². The third-order valence-electron chi connectivity index (χ3n) is 6.44. The van der Waals surface area contributed by atoms with Gasteiger partial charge < -0.3 is 19.7 Å². The second-order valence-corrected chi connectivity index (χ2v) is 11.9. The Bertz CT molecular complexity index is 1220. The van der Waals surface area contributed by atoms with Crippen LogP contribution in [0.4, 0.5) is 5.69 Å². The summed E-state index contributed by atoms with van der Waals surface area (Å²) in [6.45, 7) is 1.28. The number of hydrogen-bond donors (Lipinski definition) is 1. The van der Waals surface area contributed by atoms with Gasteiger partial charge in [0.05, 0.1) is 26.2 Å². The standard InChI is InChI=1S/C26H34BrN3O6S/c1-18(26(32)28-21-10-5-6-11-21)29(16-19-8-7-9-20(27)14-19)25(31)17-30(37(4,33)34)23-15-22(35-2)12-13-24(23)36-3/h7-9,12-15,18,21H,5-6,10-11,16-17H2,1-4H3,(H,28,32)/t18-/m1/s1. The minimum Gasteiger partial charge on any atom is -0.497 e. The van der Waals surface area contributed by atoms with Gasteiger partial charge in [-0.1, -0.05) is 40.9 Å². The summed E-state index contributed by atoms with van der Waals surface area (Å²) in [5, 5.41) is 3.05. The lowest BCUT2D eigenvalue weighted by Gasteiger charge is -2.32. The van der Waals surface area contributed by atoms with Crippen LogP contribution in [0.25, 0.3) is 0 Å². The maximum absolute atomic E-state index is 13.8. The molecule has 1 saturated carbocycles. The third kappa shape index (κ3) is 7.61. The van der Waals surface area contributed by atoms with Crippen LogP contribution in [0.3, 0.4) is 0 Å². The summed E-state index contributed by atoms with van der Waals surface area (Å²) in [5.41, 5.74) is 0.969. The molecule has 1 aliphatic carbocycles. The fraction of sp³-hybridized carbons (Fsp3) is 0.462. The number of halogens is 1. The van der Waals surface area contributed by atoms with Gasteiger partial charge in [0.2, 0.25) is 21.8 Å². The molecule has 1 N–H and O–H groups in total. The fourth-order valence-corrected chi connectivity index (χ4v) is 5.68. The van der Waals surface area contributed by atoms with Crippen LogP contribution in [0.15, 0.2) is 46.9 Å². The molecule has 0 aliphatic heterocycles. The largest absolute Gasteiger partial charge is 0.497 e. The highest BCUT2D eigenvalue weighted by Gasteiger charge is 2.32. The second-order valence-electron chi connectivity index (χ2n) is 9.12. The van der Waals surface area contributed by atoms with Gasteiger partial charge in [-0.15, -0.1) is 0 Å². The lowest BCUT2D eigenvalue weighted by Crippen LogP contribution is -2.52. The van der Waals surface area contributed by atoms with Crippen LogP contribution < -0.4 is 19.1 Å². The average Bonchev–Trinajstić information content (AvgIpc) is 3.37. The highest BCUT2D eigenvalue weighted by atomic mass is 79.9. The SMILES string of the molecule is COc1ccc(OC)c(N(CC(=O)N(Cc2cccc(Br)c2)[C@H](C)C(=O)NC2CCCC2)S(C)(=O)=O)c1. The van der Waals surface area contributed by atoms with Gasteiger partial charge in [-0.3, -0.25) is 13.9 Å². The van der Waals surface area contributed by atoms with E-state index in [1.54, 1.807) is 19.1 Å². The van der Waals surface area contributed by atoms with Crippen LogP contribution in [0.2, 0.25) is 0 Å². The number of sulfonamides is 1. The van der Waals surface area contributed by atoms with Crippen LogP contribution in [-0.4, -0.2) is 64.2 Å². The number of amides is 2. The van der Waals surface area contributed by atoms with Gasteiger partial charge in [0.1, 0.15) is 24.1 Å². The lowest BCUT2D eigenvalue weighted by molar-refractivity contribution is -0.139. The van der Waals surface area contributed by atoms with Crippen molar-refractivity contribution in [3.63, 3.8) is 0 Å². The van der Waals surface area contributed by atoms with Crippen molar-refractivity contribution in [1.29, 1.82) is 0 Å². The smallest absolute Gasteiger partial charge is 0.244 e. The van der Waals surface area contributed by atoms with E-state index in [0.29, 0.717) is 5.75 Å². The zero-order chi connectivity index (χ0) is 27.2. The predicted octanol–water partition coefficient (Wildman–Crippen LogP) is 3.71. The predicted molar refractivity (Wildman–Crippen MR) is 146 cm³/mol. The van der Waals surface area contributed by atoms with Gasteiger partial charge in [-0.05, 0) is 49.6 Å². The van der Waals surface area contributed by atoms with Crippen molar-refractivity contribution in [2.45, 2.75) is 51.2 Å². The van der Waals surface area contributed by atoms with E-state index in [1.807, 2.05) is 24.3 Å². The lowest BCUT2D eigenvalue weighted by atomic mass is 10.1. The van der Waals surface area contributed by atoms with Crippen molar-refractivity contribution in [1.82, 2.24) is 10.2 Å². The maximum Gasteiger partial charge on any atom is 0.244 e. The number of rotatable bonds is 11. The van der Waals surface area contributed by atoms with E-state index in [1.165, 1.54) is 25.2 Å². The molecule has 0 spiro atoms. The molecule has 1 atom stereocenters. The van der Waals surface area contributed by atoms with E-state index in [0.717, 1.165) is 46.3 Å². The molecule has 0 bridgehead atoms. The Hall–Kier alpha value is -2.79.